The highest BCUT2D eigenvalue weighted by Crippen LogP contribution is 2.48. The second-order valence-electron chi connectivity index (χ2n) is 17.6. The molecule has 320 valence electrons. The Kier molecular flexibility index (Phi) is 14.1. The number of hydrogen-bond donors (Lipinski definition) is 6. The number of benzene rings is 2. The van der Waals surface area contributed by atoms with Crippen molar-refractivity contribution in [1.29, 1.82) is 0 Å². The van der Waals surface area contributed by atoms with E-state index in [0.29, 0.717) is 47.8 Å². The Morgan fingerprint density at radius 1 is 0.695 bits per heavy atom. The van der Waals surface area contributed by atoms with Crippen LogP contribution in [0.5, 0.6) is 0 Å². The summed E-state index contributed by atoms with van der Waals surface area (Å²) >= 11 is 8.96. The Morgan fingerprint density at radius 2 is 1.10 bits per heavy atom. The zero-order chi connectivity index (χ0) is 42.8. The highest BCUT2D eigenvalue weighted by molar-refractivity contribution is 8.00. The third-order valence-corrected chi connectivity index (χ3v) is 15.2. The van der Waals surface area contributed by atoms with Gasteiger partial charge in [-0.25, -0.2) is 0 Å². The molecule has 16 heteroatoms. The number of fused-ring (bicyclic) bond motifs is 2. The molecular formula is C43H60N8O5S3. The normalized spacial score (nSPS) is 27.1. The van der Waals surface area contributed by atoms with Crippen LogP contribution < -0.4 is 31.9 Å². The molecule has 4 aliphatic rings. The fourth-order valence-corrected chi connectivity index (χ4v) is 12.0. The van der Waals surface area contributed by atoms with Gasteiger partial charge >= 0.3 is 0 Å². The molecule has 59 heavy (non-hydrogen) atoms. The smallest absolute Gasteiger partial charge is 0.247 e. The molecule has 4 aliphatic heterocycles. The van der Waals surface area contributed by atoms with Gasteiger partial charge in [-0.05, 0) is 118 Å². The molecule has 0 unspecified atom stereocenters. The van der Waals surface area contributed by atoms with E-state index in [1.54, 1.807) is 47.3 Å². The second-order valence-corrected chi connectivity index (χ2v) is 20.6. The van der Waals surface area contributed by atoms with Gasteiger partial charge in [-0.1, -0.05) is 64.2 Å². The number of anilines is 2. The maximum Gasteiger partial charge on any atom is 0.247 e. The molecule has 0 saturated carbocycles. The van der Waals surface area contributed by atoms with Crippen LogP contribution in [0.25, 0.3) is 0 Å². The van der Waals surface area contributed by atoms with Gasteiger partial charge in [0.1, 0.15) is 24.2 Å². The van der Waals surface area contributed by atoms with E-state index in [0.717, 1.165) is 23.3 Å². The number of likely N-dealkylation sites (N-methyl/N-ethyl adjacent to an activating group) is 2. The minimum absolute atomic E-state index is 0.0742. The van der Waals surface area contributed by atoms with Crippen LogP contribution in [0.2, 0.25) is 0 Å². The fourth-order valence-electron chi connectivity index (χ4n) is 8.63. The molecule has 4 fully saturated rings. The lowest BCUT2D eigenvalue weighted by molar-refractivity contribution is -0.142. The van der Waals surface area contributed by atoms with Gasteiger partial charge in [0.25, 0.3) is 0 Å². The van der Waals surface area contributed by atoms with E-state index < -0.39 is 41.0 Å². The van der Waals surface area contributed by atoms with Crippen molar-refractivity contribution >= 4 is 81.6 Å². The van der Waals surface area contributed by atoms with Crippen LogP contribution in [0, 0.1) is 10.8 Å². The molecule has 0 bridgehead atoms. The number of thiocarbonyl (C=S) groups is 1. The molecule has 5 amide bonds. The maximum atomic E-state index is 14.0. The number of thioether (sulfide) groups is 2. The van der Waals surface area contributed by atoms with Crippen molar-refractivity contribution in [3.05, 3.63) is 59.7 Å². The van der Waals surface area contributed by atoms with Crippen LogP contribution in [0.15, 0.2) is 48.5 Å². The Hall–Kier alpha value is -3.70. The molecule has 8 atom stereocenters. The van der Waals surface area contributed by atoms with Crippen molar-refractivity contribution in [2.24, 2.45) is 10.8 Å². The Morgan fingerprint density at radius 3 is 1.51 bits per heavy atom. The second kappa shape index (κ2) is 18.5. The van der Waals surface area contributed by atoms with Gasteiger partial charge in [0, 0.05) is 11.4 Å². The van der Waals surface area contributed by atoms with Crippen LogP contribution in [-0.2, 0) is 30.4 Å². The number of hydrogen-bond acceptors (Lipinski definition) is 10. The number of carbonyl (C=O) groups excluding carboxylic acids is 5. The van der Waals surface area contributed by atoms with E-state index in [9.17, 15) is 24.0 Å². The lowest BCUT2D eigenvalue weighted by atomic mass is 9.84. The van der Waals surface area contributed by atoms with Crippen LogP contribution in [0.1, 0.15) is 78.4 Å². The molecule has 0 aromatic heterocycles. The van der Waals surface area contributed by atoms with Gasteiger partial charge in [-0.15, -0.1) is 23.5 Å². The lowest BCUT2D eigenvalue weighted by Gasteiger charge is -2.34. The van der Waals surface area contributed by atoms with E-state index in [2.05, 4.69) is 45.7 Å². The van der Waals surface area contributed by atoms with E-state index in [1.165, 1.54) is 0 Å². The number of carbonyl (C=O) groups is 5. The summed E-state index contributed by atoms with van der Waals surface area (Å²) in [6.07, 6.45) is 3.19. The maximum absolute atomic E-state index is 14.0. The summed E-state index contributed by atoms with van der Waals surface area (Å²) in [5.41, 5.74) is 2.49. The highest BCUT2D eigenvalue weighted by atomic mass is 32.2. The topological polar surface area (TPSA) is 164 Å². The molecule has 13 nitrogen and oxygen atoms in total. The largest absolute Gasteiger partial charge is 0.367 e. The molecule has 2 aromatic rings. The Balaban J connectivity index is 1.07. The fraction of sp³-hybridized carbons (Fsp3) is 0.581. The standard InChI is InChI=1S/C43H60N8O5S3/c1-24(44-7)36(52)48-30-17-19-58-32-22-42(3,4)34(50(32)40(30)55)37(53)46-28-13-9-26(10-14-28)21-27-11-15-29(16-12-27)47-38(54)35-43(5,6)23-33-51(35)41(56)31(18-20-59-33)49-39(57)25(2)45-8/h9-16,24-25,30-35,44-45H,17-23H2,1-8H3,(H,46,53)(H,47,54)(H,48,52)(H,49,57)/t24-,25-,30-,31-,32-,33-,34+,35+/m0/s1. The van der Waals surface area contributed by atoms with E-state index in [-0.39, 0.29) is 46.3 Å². The van der Waals surface area contributed by atoms with Crippen LogP contribution >= 0.6 is 35.7 Å². The molecular weight excluding hydrogens is 805 g/mol. The lowest BCUT2D eigenvalue weighted by Crippen LogP contribution is -2.57. The van der Waals surface area contributed by atoms with Gasteiger partial charge < -0.3 is 41.7 Å². The average molecular weight is 865 g/mol. The minimum atomic E-state index is -0.694. The summed E-state index contributed by atoms with van der Waals surface area (Å²) in [5, 5.41) is 18.2. The Bertz CT molecular complexity index is 1780. The third kappa shape index (κ3) is 9.93. The van der Waals surface area contributed by atoms with Crippen molar-refractivity contribution in [3.8, 4) is 0 Å². The van der Waals surface area contributed by atoms with Gasteiger partial charge in [0.2, 0.25) is 29.5 Å². The number of rotatable bonds is 12. The first-order valence-electron chi connectivity index (χ1n) is 20.6. The van der Waals surface area contributed by atoms with Crippen molar-refractivity contribution in [2.75, 3.05) is 36.2 Å². The first-order chi connectivity index (χ1) is 27.9. The summed E-state index contributed by atoms with van der Waals surface area (Å²) in [5.74, 6) is 0.508. The number of nitrogens with one attached hydrogen (secondary N) is 6. The van der Waals surface area contributed by atoms with Gasteiger partial charge in [-0.3, -0.25) is 24.0 Å². The van der Waals surface area contributed by atoms with Gasteiger partial charge in [0.15, 0.2) is 0 Å². The summed E-state index contributed by atoms with van der Waals surface area (Å²) < 4.78 is 0. The van der Waals surface area contributed by atoms with E-state index >= 15 is 0 Å². The number of nitrogens with zero attached hydrogens (tertiary/aromatic N) is 2. The zero-order valence-corrected chi connectivity index (χ0v) is 37.8. The monoisotopic (exact) mass is 864 g/mol. The van der Waals surface area contributed by atoms with Gasteiger partial charge in [-0.2, -0.15) is 0 Å². The summed E-state index contributed by atoms with van der Waals surface area (Å²) in [6.45, 7) is 11.9. The van der Waals surface area contributed by atoms with Crippen molar-refractivity contribution in [1.82, 2.24) is 31.1 Å². The molecule has 0 radical (unpaired) electrons. The predicted octanol–water partition coefficient (Wildman–Crippen LogP) is 4.32. The van der Waals surface area contributed by atoms with Crippen LogP contribution in [-0.4, -0.2) is 117 Å². The quantitative estimate of drug-likeness (QED) is 0.169. The molecule has 0 spiro atoms. The predicted molar refractivity (Wildman–Crippen MR) is 241 cm³/mol. The Labute approximate surface area is 362 Å². The average Bonchev–Trinajstić information content (AvgIpc) is 3.51. The SMILES string of the molecule is CN[C@@H](C)C(=O)N[C@H]1CCS[C@H]2CC(C)(C)[C@@H](C(=O)Nc3ccc(Cc4ccc(NC(=O)[C@H]5N6C(=O)[C@@H](NC(=S)[C@H](C)NC)CCS[C@H]6CC5(C)C)cc4)cc3)N2C1=O. The van der Waals surface area contributed by atoms with Crippen LogP contribution in [0.3, 0.4) is 0 Å². The molecule has 6 rings (SSSR count). The summed E-state index contributed by atoms with van der Waals surface area (Å²) in [6, 6.07) is 12.4. The molecule has 0 aliphatic carbocycles. The van der Waals surface area contributed by atoms with Crippen LogP contribution in [0.4, 0.5) is 11.4 Å². The first-order valence-corrected chi connectivity index (χ1v) is 23.1. The third-order valence-electron chi connectivity index (χ3n) is 12.2. The van der Waals surface area contributed by atoms with E-state index in [4.69, 9.17) is 12.2 Å². The zero-order valence-electron chi connectivity index (χ0n) is 35.3. The molecule has 2 aromatic carbocycles. The number of amides is 5. The van der Waals surface area contributed by atoms with Gasteiger partial charge in [0.05, 0.1) is 27.8 Å². The first kappa shape index (κ1) is 44.8. The minimum Gasteiger partial charge on any atom is -0.367 e. The van der Waals surface area contributed by atoms with E-state index in [1.807, 2.05) is 76.3 Å². The highest BCUT2D eigenvalue weighted by Gasteiger charge is 2.56. The molecule has 4 saturated heterocycles. The van der Waals surface area contributed by atoms with Crippen molar-refractivity contribution in [2.45, 2.75) is 121 Å². The molecule has 6 N–H and O–H groups in total. The molecule has 4 heterocycles. The summed E-state index contributed by atoms with van der Waals surface area (Å²) in [7, 11) is 3.53. The van der Waals surface area contributed by atoms with Crippen molar-refractivity contribution in [3.63, 3.8) is 0 Å². The van der Waals surface area contributed by atoms with Crippen molar-refractivity contribution < 1.29 is 24.0 Å². The summed E-state index contributed by atoms with van der Waals surface area (Å²) in [4.78, 5) is 72.6.